The molecule has 3 rings (SSSR count). The van der Waals surface area contributed by atoms with Gasteiger partial charge >= 0.3 is 12.4 Å². The Labute approximate surface area is 158 Å². The normalized spacial score (nSPS) is 16.3. The molecule has 0 atom stereocenters. The number of piperidine rings is 1. The number of rotatable bonds is 3. The first-order valence-corrected chi connectivity index (χ1v) is 8.70. The fourth-order valence-electron chi connectivity index (χ4n) is 3.30. The summed E-state index contributed by atoms with van der Waals surface area (Å²) >= 11 is 0. The van der Waals surface area contributed by atoms with Crippen molar-refractivity contribution >= 4 is 17.1 Å². The van der Waals surface area contributed by atoms with Crippen LogP contribution in [0, 0.1) is 0 Å². The van der Waals surface area contributed by atoms with Crippen molar-refractivity contribution in [2.75, 3.05) is 29.0 Å². The Bertz CT molecular complexity index is 806. The maximum Gasteiger partial charge on any atom is 0.418 e. The Balaban J connectivity index is 1.62. The topological polar surface area (TPSA) is 41.3 Å². The predicted molar refractivity (Wildman–Crippen MR) is 96.2 cm³/mol. The number of nitrogens with zero attached hydrogens (tertiary/aromatic N) is 1. The van der Waals surface area contributed by atoms with Crippen molar-refractivity contribution in [1.29, 1.82) is 0 Å². The van der Waals surface area contributed by atoms with Crippen LogP contribution in [0.15, 0.2) is 42.5 Å². The van der Waals surface area contributed by atoms with Gasteiger partial charge in [-0.25, -0.2) is 0 Å². The fraction of sp³-hybridized carbons (Fsp3) is 0.368. The molecule has 1 aliphatic rings. The van der Waals surface area contributed by atoms with Gasteiger partial charge in [-0.15, -0.1) is 0 Å². The van der Waals surface area contributed by atoms with Crippen LogP contribution in [0.4, 0.5) is 43.4 Å². The summed E-state index contributed by atoms with van der Waals surface area (Å²) in [6.07, 6.45) is -7.65. The number of nitrogens with one attached hydrogen (secondary N) is 1. The zero-order valence-electron chi connectivity index (χ0n) is 14.7. The van der Waals surface area contributed by atoms with Gasteiger partial charge in [-0.2, -0.15) is 26.3 Å². The largest absolute Gasteiger partial charge is 0.418 e. The summed E-state index contributed by atoms with van der Waals surface area (Å²) in [6, 6.07) is 8.63. The molecule has 0 amide bonds. The maximum atomic E-state index is 13.0. The average molecular weight is 403 g/mol. The van der Waals surface area contributed by atoms with Crippen LogP contribution < -0.4 is 16.0 Å². The van der Waals surface area contributed by atoms with Gasteiger partial charge in [-0.1, -0.05) is 6.07 Å². The Morgan fingerprint density at radius 3 is 2.00 bits per heavy atom. The monoisotopic (exact) mass is 403 g/mol. The molecule has 1 aliphatic heterocycles. The molecule has 1 heterocycles. The first-order chi connectivity index (χ1) is 13.1. The van der Waals surface area contributed by atoms with E-state index in [0.29, 0.717) is 31.6 Å². The molecule has 1 saturated heterocycles. The van der Waals surface area contributed by atoms with E-state index in [0.717, 1.165) is 18.2 Å². The molecule has 3 nitrogen and oxygen atoms in total. The van der Waals surface area contributed by atoms with E-state index in [1.807, 2.05) is 4.90 Å². The molecule has 2 aromatic rings. The number of nitrogens with two attached hydrogens (primary N) is 1. The maximum absolute atomic E-state index is 13.0. The van der Waals surface area contributed by atoms with Crippen LogP contribution in [0.2, 0.25) is 0 Å². The van der Waals surface area contributed by atoms with Crippen molar-refractivity contribution < 1.29 is 26.3 Å². The van der Waals surface area contributed by atoms with Crippen molar-refractivity contribution in [1.82, 2.24) is 0 Å². The van der Waals surface area contributed by atoms with E-state index in [1.54, 1.807) is 0 Å². The predicted octanol–water partition coefficient (Wildman–Crippen LogP) is 5.39. The van der Waals surface area contributed by atoms with Gasteiger partial charge in [0.05, 0.1) is 22.5 Å². The van der Waals surface area contributed by atoms with E-state index in [2.05, 4.69) is 5.32 Å². The van der Waals surface area contributed by atoms with Crippen molar-refractivity contribution in [2.24, 2.45) is 0 Å². The standard InChI is InChI=1S/C19H19F6N3/c20-18(21,22)12-4-6-14(7-5-12)28-10-8-13(9-11-28)27-16-3-1-2-15(17(16)26)19(23,24)25/h1-7,13,27H,8-11,26H2. The highest BCUT2D eigenvalue weighted by molar-refractivity contribution is 5.71. The lowest BCUT2D eigenvalue weighted by Crippen LogP contribution is -2.39. The first kappa shape index (κ1) is 20.2. The van der Waals surface area contributed by atoms with Gasteiger partial charge in [0.1, 0.15) is 0 Å². The van der Waals surface area contributed by atoms with Gasteiger partial charge in [0.25, 0.3) is 0 Å². The van der Waals surface area contributed by atoms with E-state index in [9.17, 15) is 26.3 Å². The molecule has 28 heavy (non-hydrogen) atoms. The lowest BCUT2D eigenvalue weighted by molar-refractivity contribution is -0.138. The number of nitrogen functional groups attached to an aromatic ring is 1. The number of alkyl halides is 6. The van der Waals surface area contributed by atoms with Crippen molar-refractivity contribution in [3.8, 4) is 0 Å². The minimum atomic E-state index is -4.52. The van der Waals surface area contributed by atoms with Crippen LogP contribution in [0.1, 0.15) is 24.0 Å². The summed E-state index contributed by atoms with van der Waals surface area (Å²) in [7, 11) is 0. The molecule has 0 saturated carbocycles. The Hall–Kier alpha value is -2.58. The molecular weight excluding hydrogens is 384 g/mol. The quantitative estimate of drug-likeness (QED) is 0.534. The summed E-state index contributed by atoms with van der Waals surface area (Å²) < 4.78 is 76.8. The second kappa shape index (κ2) is 7.44. The lowest BCUT2D eigenvalue weighted by atomic mass is 10.0. The number of hydrogen-bond acceptors (Lipinski definition) is 3. The molecule has 9 heteroatoms. The van der Waals surface area contributed by atoms with Gasteiger partial charge in [-0.05, 0) is 49.2 Å². The second-order valence-electron chi connectivity index (χ2n) is 6.71. The van der Waals surface area contributed by atoms with Gasteiger partial charge in [-0.3, -0.25) is 0 Å². The molecule has 0 spiro atoms. The third kappa shape index (κ3) is 4.45. The zero-order chi connectivity index (χ0) is 20.5. The molecule has 0 aliphatic carbocycles. The van der Waals surface area contributed by atoms with Crippen LogP contribution in [0.25, 0.3) is 0 Å². The number of anilines is 3. The van der Waals surface area contributed by atoms with Crippen LogP contribution in [-0.4, -0.2) is 19.1 Å². The van der Waals surface area contributed by atoms with E-state index in [-0.39, 0.29) is 17.4 Å². The van der Waals surface area contributed by atoms with Gasteiger partial charge in [0.2, 0.25) is 0 Å². The minimum Gasteiger partial charge on any atom is -0.397 e. The molecule has 0 unspecified atom stereocenters. The van der Waals surface area contributed by atoms with Crippen molar-refractivity contribution in [3.05, 3.63) is 53.6 Å². The van der Waals surface area contributed by atoms with E-state index < -0.39 is 23.5 Å². The number of halogens is 6. The summed E-state index contributed by atoms with van der Waals surface area (Å²) in [4.78, 5) is 1.95. The SMILES string of the molecule is Nc1c(NC2CCN(c3ccc(C(F)(F)F)cc3)CC2)cccc1C(F)(F)F. The lowest BCUT2D eigenvalue weighted by Gasteiger charge is -2.34. The van der Waals surface area contributed by atoms with E-state index >= 15 is 0 Å². The van der Waals surface area contributed by atoms with Gasteiger partial charge < -0.3 is 16.0 Å². The Morgan fingerprint density at radius 2 is 1.46 bits per heavy atom. The highest BCUT2D eigenvalue weighted by atomic mass is 19.4. The second-order valence-corrected chi connectivity index (χ2v) is 6.71. The summed E-state index contributed by atoms with van der Waals surface area (Å²) in [5.74, 6) is 0. The number of para-hydroxylation sites is 1. The highest BCUT2D eigenvalue weighted by Crippen LogP contribution is 2.37. The minimum absolute atomic E-state index is 0.0727. The highest BCUT2D eigenvalue weighted by Gasteiger charge is 2.34. The number of benzene rings is 2. The van der Waals surface area contributed by atoms with Gasteiger partial charge in [0, 0.05) is 24.8 Å². The molecule has 3 N–H and O–H groups in total. The summed E-state index contributed by atoms with van der Waals surface area (Å²) in [5, 5.41) is 3.06. The van der Waals surface area contributed by atoms with Crippen LogP contribution in [0.3, 0.4) is 0 Å². The zero-order valence-corrected chi connectivity index (χ0v) is 14.7. The van der Waals surface area contributed by atoms with Crippen LogP contribution in [-0.2, 0) is 12.4 Å². The summed E-state index contributed by atoms with van der Waals surface area (Å²) in [6.45, 7) is 1.14. The van der Waals surface area contributed by atoms with Crippen molar-refractivity contribution in [2.45, 2.75) is 31.2 Å². The third-order valence-corrected chi connectivity index (χ3v) is 4.83. The fourth-order valence-corrected chi connectivity index (χ4v) is 3.30. The molecule has 152 valence electrons. The molecule has 2 aromatic carbocycles. The molecule has 0 aromatic heterocycles. The van der Waals surface area contributed by atoms with E-state index in [4.69, 9.17) is 5.73 Å². The van der Waals surface area contributed by atoms with E-state index in [1.165, 1.54) is 24.3 Å². The number of hydrogen-bond donors (Lipinski definition) is 2. The molecular formula is C19H19F6N3. The Kier molecular flexibility index (Phi) is 5.36. The van der Waals surface area contributed by atoms with Gasteiger partial charge in [0.15, 0.2) is 0 Å². The average Bonchev–Trinajstić information content (AvgIpc) is 2.62. The summed E-state index contributed by atoms with van der Waals surface area (Å²) in [5.41, 5.74) is 4.68. The van der Waals surface area contributed by atoms with Crippen molar-refractivity contribution in [3.63, 3.8) is 0 Å². The molecule has 1 fully saturated rings. The molecule has 0 bridgehead atoms. The molecule has 0 radical (unpaired) electrons. The third-order valence-electron chi connectivity index (χ3n) is 4.83. The Morgan fingerprint density at radius 1 is 0.857 bits per heavy atom. The van der Waals surface area contributed by atoms with Crippen LogP contribution in [0.5, 0.6) is 0 Å². The smallest absolute Gasteiger partial charge is 0.397 e. The van der Waals surface area contributed by atoms with Crippen LogP contribution >= 0.6 is 0 Å². The first-order valence-electron chi connectivity index (χ1n) is 8.70.